The molecule has 4 rings (SSSR count). The Morgan fingerprint density at radius 2 is 1.81 bits per heavy atom. The van der Waals surface area contributed by atoms with Crippen molar-refractivity contribution in [3.8, 4) is 0 Å². The number of fused-ring (bicyclic) bond motifs is 2. The Kier molecular flexibility index (Phi) is 6.38. The fraction of sp³-hybridized carbons (Fsp3) is 0.538. The van der Waals surface area contributed by atoms with Crippen LogP contribution in [-0.2, 0) is 34.1 Å². The van der Waals surface area contributed by atoms with Gasteiger partial charge in [0.05, 0.1) is 12.0 Å². The van der Waals surface area contributed by atoms with Crippen LogP contribution in [-0.4, -0.2) is 59.7 Å². The Bertz CT molecular complexity index is 1110. The summed E-state index contributed by atoms with van der Waals surface area (Å²) in [6.07, 6.45) is -6.96. The first-order chi connectivity index (χ1) is 16.6. The summed E-state index contributed by atoms with van der Waals surface area (Å²) in [4.78, 5) is 26.3. The molecule has 0 amide bonds. The lowest BCUT2D eigenvalue weighted by molar-refractivity contribution is -0.279. The molecule has 0 aromatic heterocycles. The Morgan fingerprint density at radius 3 is 2.36 bits per heavy atom. The van der Waals surface area contributed by atoms with Crippen molar-refractivity contribution >= 4 is 11.8 Å². The first kappa shape index (κ1) is 26.4. The lowest BCUT2D eigenvalue weighted by atomic mass is 9.81. The second-order valence-electron chi connectivity index (χ2n) is 10.4. The van der Waals surface area contributed by atoms with E-state index in [9.17, 15) is 27.9 Å². The predicted octanol–water partition coefficient (Wildman–Crippen LogP) is 3.89. The fourth-order valence-electron chi connectivity index (χ4n) is 4.84. The number of methoxy groups -OCH3 is 1. The van der Waals surface area contributed by atoms with Crippen molar-refractivity contribution in [3.63, 3.8) is 0 Å². The topological polar surface area (TPSA) is 91.3 Å². The number of ether oxygens (including phenoxy) is 4. The molecule has 1 aromatic rings. The summed E-state index contributed by atoms with van der Waals surface area (Å²) in [5, 5.41) is 10.5. The van der Waals surface area contributed by atoms with Crippen LogP contribution in [0.5, 0.6) is 0 Å². The molecule has 10 heteroatoms. The van der Waals surface area contributed by atoms with Crippen molar-refractivity contribution in [1.29, 1.82) is 0 Å². The van der Waals surface area contributed by atoms with Crippen molar-refractivity contribution in [1.82, 2.24) is 0 Å². The van der Waals surface area contributed by atoms with E-state index in [2.05, 4.69) is 0 Å². The monoisotopic (exact) mass is 510 g/mol. The molecule has 0 saturated carbocycles. The molecular weight excluding hydrogens is 481 g/mol. The summed E-state index contributed by atoms with van der Waals surface area (Å²) in [6, 6.07) is 6.48. The standard InChI is InChI=1S/C26H29F3O7/c1-23(2)13-17(30)15-11-18(21-16(20(15)36-23)12-19(35-21)24(3,4)32)34-22(31)25(33-5,26(27,28)29)14-9-7-6-8-10-14/h6-10,12,18-19,21,32H,11,13H2,1-5H3/t18-,19-,21+,25-/m0/s1. The Balaban J connectivity index is 1.76. The van der Waals surface area contributed by atoms with E-state index in [1.54, 1.807) is 19.9 Å². The largest absolute Gasteiger partial charge is 0.487 e. The van der Waals surface area contributed by atoms with Crippen molar-refractivity contribution < 1.29 is 46.8 Å². The molecule has 2 aliphatic heterocycles. The van der Waals surface area contributed by atoms with Gasteiger partial charge in [-0.1, -0.05) is 30.3 Å². The van der Waals surface area contributed by atoms with Crippen molar-refractivity contribution in [2.75, 3.05) is 7.11 Å². The molecular formula is C26H29F3O7. The van der Waals surface area contributed by atoms with Gasteiger partial charge >= 0.3 is 12.1 Å². The number of aliphatic hydroxyl groups is 1. The number of alkyl halides is 3. The van der Waals surface area contributed by atoms with Crippen molar-refractivity contribution in [2.45, 2.75) is 81.8 Å². The third-order valence-corrected chi connectivity index (χ3v) is 6.64. The normalized spacial score (nSPS) is 27.4. The Hall–Kier alpha value is -2.69. The summed E-state index contributed by atoms with van der Waals surface area (Å²) < 4.78 is 65.5. The molecule has 4 atom stereocenters. The van der Waals surface area contributed by atoms with Gasteiger partial charge in [0, 0.05) is 30.2 Å². The van der Waals surface area contributed by atoms with Crippen LogP contribution in [0.4, 0.5) is 13.2 Å². The second kappa shape index (κ2) is 8.71. The van der Waals surface area contributed by atoms with E-state index in [4.69, 9.17) is 18.9 Å². The average molecular weight is 511 g/mol. The Labute approximate surface area is 206 Å². The number of hydrogen-bond donors (Lipinski definition) is 1. The third kappa shape index (κ3) is 4.35. The molecule has 0 spiro atoms. The van der Waals surface area contributed by atoms with Crippen LogP contribution < -0.4 is 0 Å². The highest BCUT2D eigenvalue weighted by Gasteiger charge is 2.65. The second-order valence-corrected chi connectivity index (χ2v) is 10.4. The van der Waals surface area contributed by atoms with Crippen LogP contribution in [0.2, 0.25) is 0 Å². The van der Waals surface area contributed by atoms with E-state index < -0.39 is 52.8 Å². The van der Waals surface area contributed by atoms with Crippen molar-refractivity contribution in [3.05, 3.63) is 58.9 Å². The van der Waals surface area contributed by atoms with Gasteiger partial charge in [0.15, 0.2) is 5.78 Å². The summed E-state index contributed by atoms with van der Waals surface area (Å²) in [7, 11) is 0.783. The smallest absolute Gasteiger partial charge is 0.432 e. The SMILES string of the molecule is CO[C@](C(=O)O[C@H]1CC2=C(OC(C)(C)CC2=O)C2=C[C@@H](C(C)(C)O)O[C@H]21)(c1ccccc1)C(F)(F)F. The maximum Gasteiger partial charge on any atom is 0.432 e. The highest BCUT2D eigenvalue weighted by atomic mass is 19.4. The molecule has 0 fully saturated rings. The molecule has 0 bridgehead atoms. The molecule has 0 radical (unpaired) electrons. The minimum absolute atomic E-state index is 0.0504. The number of ketones is 1. The first-order valence-electron chi connectivity index (χ1n) is 11.5. The zero-order valence-electron chi connectivity index (χ0n) is 20.6. The molecule has 1 aliphatic carbocycles. The van der Waals surface area contributed by atoms with E-state index in [1.807, 2.05) is 0 Å². The number of benzene rings is 1. The minimum atomic E-state index is -5.15. The lowest BCUT2D eigenvalue weighted by Crippen LogP contribution is -2.54. The molecule has 36 heavy (non-hydrogen) atoms. The number of halogens is 3. The van der Waals surface area contributed by atoms with Gasteiger partial charge < -0.3 is 24.1 Å². The fourth-order valence-corrected chi connectivity index (χ4v) is 4.84. The van der Waals surface area contributed by atoms with Crippen LogP contribution in [0.15, 0.2) is 53.3 Å². The predicted molar refractivity (Wildman–Crippen MR) is 121 cm³/mol. The highest BCUT2D eigenvalue weighted by Crippen LogP contribution is 2.48. The molecule has 1 N–H and O–H groups in total. The van der Waals surface area contributed by atoms with E-state index >= 15 is 0 Å². The van der Waals surface area contributed by atoms with Crippen LogP contribution in [0.1, 0.15) is 46.1 Å². The molecule has 0 unspecified atom stereocenters. The molecule has 7 nitrogen and oxygen atoms in total. The van der Waals surface area contributed by atoms with Crippen LogP contribution >= 0.6 is 0 Å². The van der Waals surface area contributed by atoms with Crippen molar-refractivity contribution in [2.24, 2.45) is 0 Å². The van der Waals surface area contributed by atoms with Gasteiger partial charge in [-0.2, -0.15) is 13.2 Å². The zero-order chi connectivity index (χ0) is 26.7. The number of carbonyl (C=O) groups is 2. The Morgan fingerprint density at radius 1 is 1.17 bits per heavy atom. The maximum absolute atomic E-state index is 14.4. The van der Waals surface area contributed by atoms with Gasteiger partial charge in [-0.3, -0.25) is 4.79 Å². The molecule has 196 valence electrons. The first-order valence-corrected chi connectivity index (χ1v) is 11.5. The van der Waals surface area contributed by atoms with Crippen LogP contribution in [0, 0.1) is 0 Å². The number of hydrogen-bond acceptors (Lipinski definition) is 7. The zero-order valence-corrected chi connectivity index (χ0v) is 20.6. The highest BCUT2D eigenvalue weighted by molar-refractivity contribution is 5.98. The number of rotatable bonds is 5. The minimum Gasteiger partial charge on any atom is -0.487 e. The summed E-state index contributed by atoms with van der Waals surface area (Å²) in [5.74, 6) is -1.68. The van der Waals surface area contributed by atoms with Gasteiger partial charge in [0.1, 0.15) is 29.7 Å². The molecule has 0 saturated heterocycles. The van der Waals surface area contributed by atoms with Gasteiger partial charge in [0.25, 0.3) is 5.60 Å². The van der Waals surface area contributed by atoms with Gasteiger partial charge in [-0.05, 0) is 33.8 Å². The molecule has 3 aliphatic rings. The summed E-state index contributed by atoms with van der Waals surface area (Å²) >= 11 is 0. The van der Waals surface area contributed by atoms with Gasteiger partial charge in [-0.25, -0.2) is 4.79 Å². The molecule has 1 aromatic carbocycles. The van der Waals surface area contributed by atoms with E-state index in [1.165, 1.54) is 32.0 Å². The van der Waals surface area contributed by atoms with Crippen LogP contribution in [0.3, 0.4) is 0 Å². The lowest BCUT2D eigenvalue weighted by Gasteiger charge is -2.41. The summed E-state index contributed by atoms with van der Waals surface area (Å²) in [6.45, 7) is 6.51. The molecule has 2 heterocycles. The van der Waals surface area contributed by atoms with Gasteiger partial charge in [0.2, 0.25) is 0 Å². The average Bonchev–Trinajstić information content (AvgIpc) is 3.21. The number of carbonyl (C=O) groups excluding carboxylic acids is 2. The van der Waals surface area contributed by atoms with Gasteiger partial charge in [-0.15, -0.1) is 0 Å². The quantitative estimate of drug-likeness (QED) is 0.601. The van der Waals surface area contributed by atoms with E-state index in [0.717, 1.165) is 19.2 Å². The number of esters is 1. The van der Waals surface area contributed by atoms with E-state index in [0.29, 0.717) is 5.57 Å². The van der Waals surface area contributed by atoms with E-state index in [-0.39, 0.29) is 30.0 Å². The number of Topliss-reactive ketones (excluding diaryl/α,β-unsaturated/α-hetero) is 1. The van der Waals surface area contributed by atoms with Crippen LogP contribution in [0.25, 0.3) is 0 Å². The maximum atomic E-state index is 14.4. The summed E-state index contributed by atoms with van der Waals surface area (Å²) in [5.41, 5.74) is -5.44. The third-order valence-electron chi connectivity index (χ3n) is 6.64.